The molecule has 0 radical (unpaired) electrons. The van der Waals surface area contributed by atoms with Crippen molar-refractivity contribution < 1.29 is 0 Å². The van der Waals surface area contributed by atoms with Crippen LogP contribution >= 0.6 is 11.6 Å². The summed E-state index contributed by atoms with van der Waals surface area (Å²) in [4.78, 5) is 10.9. The van der Waals surface area contributed by atoms with E-state index in [0.29, 0.717) is 5.15 Å². The van der Waals surface area contributed by atoms with E-state index in [9.17, 15) is 0 Å². The molecule has 1 aliphatic carbocycles. The first-order chi connectivity index (χ1) is 8.19. The van der Waals surface area contributed by atoms with Gasteiger partial charge in [-0.3, -0.25) is 0 Å². The highest BCUT2D eigenvalue weighted by molar-refractivity contribution is 6.29. The van der Waals surface area contributed by atoms with Crippen LogP contribution in [-0.2, 0) is 6.42 Å². The summed E-state index contributed by atoms with van der Waals surface area (Å²) in [6.45, 7) is 3.13. The zero-order chi connectivity index (χ0) is 12.3. The first-order valence-electron chi connectivity index (χ1n) is 6.43. The molecule has 2 rings (SSSR count). The Bertz CT molecular complexity index is 375. The summed E-state index contributed by atoms with van der Waals surface area (Å²) < 4.78 is 0. The molecule has 1 heterocycles. The Morgan fingerprint density at radius 3 is 2.71 bits per heavy atom. The van der Waals surface area contributed by atoms with Crippen LogP contribution in [0.25, 0.3) is 0 Å². The van der Waals surface area contributed by atoms with Crippen LogP contribution in [0.4, 0.5) is 5.82 Å². The minimum absolute atomic E-state index is 0.546. The average molecular weight is 254 g/mol. The SMILES string of the molecule is CCc1nc(Cl)cc(N(C)CC2CCCC2)n1. The van der Waals surface area contributed by atoms with Gasteiger partial charge < -0.3 is 4.90 Å². The van der Waals surface area contributed by atoms with Gasteiger partial charge in [0.25, 0.3) is 0 Å². The molecule has 0 saturated heterocycles. The van der Waals surface area contributed by atoms with Crippen molar-refractivity contribution in [2.75, 3.05) is 18.5 Å². The molecule has 4 heteroatoms. The van der Waals surface area contributed by atoms with E-state index in [2.05, 4.69) is 21.9 Å². The van der Waals surface area contributed by atoms with Gasteiger partial charge in [0, 0.05) is 26.1 Å². The number of halogens is 1. The molecular formula is C13H20ClN3. The number of nitrogens with zero attached hydrogens (tertiary/aromatic N) is 3. The molecule has 0 N–H and O–H groups in total. The van der Waals surface area contributed by atoms with Crippen LogP contribution in [0.1, 0.15) is 38.4 Å². The Morgan fingerprint density at radius 2 is 2.06 bits per heavy atom. The van der Waals surface area contributed by atoms with Gasteiger partial charge >= 0.3 is 0 Å². The second-order valence-corrected chi connectivity index (χ2v) is 5.24. The molecule has 1 fully saturated rings. The van der Waals surface area contributed by atoms with Crippen LogP contribution in [0, 0.1) is 5.92 Å². The Balaban J connectivity index is 2.06. The van der Waals surface area contributed by atoms with Crippen LogP contribution in [0.5, 0.6) is 0 Å². The monoisotopic (exact) mass is 253 g/mol. The number of aryl methyl sites for hydroxylation is 1. The van der Waals surface area contributed by atoms with E-state index >= 15 is 0 Å². The summed E-state index contributed by atoms with van der Waals surface area (Å²) in [5, 5.41) is 0.546. The Morgan fingerprint density at radius 1 is 1.35 bits per heavy atom. The van der Waals surface area contributed by atoms with Crippen molar-refractivity contribution in [3.8, 4) is 0 Å². The maximum absolute atomic E-state index is 6.01. The predicted molar refractivity (Wildman–Crippen MR) is 71.6 cm³/mol. The quantitative estimate of drug-likeness (QED) is 0.771. The zero-order valence-corrected chi connectivity index (χ0v) is 11.4. The van der Waals surface area contributed by atoms with Crippen LogP contribution in [0.2, 0.25) is 5.15 Å². The van der Waals surface area contributed by atoms with E-state index in [-0.39, 0.29) is 0 Å². The van der Waals surface area contributed by atoms with Crippen molar-refractivity contribution in [2.45, 2.75) is 39.0 Å². The molecule has 0 atom stereocenters. The smallest absolute Gasteiger partial charge is 0.134 e. The fraction of sp³-hybridized carbons (Fsp3) is 0.692. The lowest BCUT2D eigenvalue weighted by Crippen LogP contribution is -2.25. The lowest BCUT2D eigenvalue weighted by atomic mass is 10.1. The van der Waals surface area contributed by atoms with E-state index < -0.39 is 0 Å². The number of rotatable bonds is 4. The summed E-state index contributed by atoms with van der Waals surface area (Å²) in [5.41, 5.74) is 0. The van der Waals surface area contributed by atoms with Crippen molar-refractivity contribution in [3.05, 3.63) is 17.0 Å². The van der Waals surface area contributed by atoms with E-state index in [1.807, 2.05) is 13.0 Å². The van der Waals surface area contributed by atoms with Crippen LogP contribution in [0.15, 0.2) is 6.07 Å². The first-order valence-corrected chi connectivity index (χ1v) is 6.81. The molecular weight excluding hydrogens is 234 g/mol. The van der Waals surface area contributed by atoms with Crippen LogP contribution in [-0.4, -0.2) is 23.6 Å². The number of hydrogen-bond donors (Lipinski definition) is 0. The summed E-state index contributed by atoms with van der Waals surface area (Å²) in [6.07, 6.45) is 6.28. The molecule has 0 bridgehead atoms. The standard InChI is InChI=1S/C13H20ClN3/c1-3-12-15-11(14)8-13(16-12)17(2)9-10-6-4-5-7-10/h8,10H,3-7,9H2,1-2H3. The van der Waals surface area contributed by atoms with E-state index in [1.165, 1.54) is 25.7 Å². The summed E-state index contributed by atoms with van der Waals surface area (Å²) in [7, 11) is 2.09. The van der Waals surface area contributed by atoms with Gasteiger partial charge in [0.15, 0.2) is 0 Å². The van der Waals surface area contributed by atoms with Crippen molar-refractivity contribution in [1.29, 1.82) is 0 Å². The predicted octanol–water partition coefficient (Wildman–Crippen LogP) is 3.32. The van der Waals surface area contributed by atoms with Gasteiger partial charge in [-0.25, -0.2) is 9.97 Å². The molecule has 0 aliphatic heterocycles. The lowest BCUT2D eigenvalue weighted by Gasteiger charge is -2.22. The van der Waals surface area contributed by atoms with Crippen LogP contribution < -0.4 is 4.90 Å². The third-order valence-electron chi connectivity index (χ3n) is 3.44. The summed E-state index contributed by atoms with van der Waals surface area (Å²) >= 11 is 6.01. The van der Waals surface area contributed by atoms with E-state index in [0.717, 1.165) is 30.5 Å². The highest BCUT2D eigenvalue weighted by Crippen LogP contribution is 2.26. The van der Waals surface area contributed by atoms with Gasteiger partial charge in [0.2, 0.25) is 0 Å². The highest BCUT2D eigenvalue weighted by Gasteiger charge is 2.18. The maximum atomic E-state index is 6.01. The molecule has 1 saturated carbocycles. The zero-order valence-electron chi connectivity index (χ0n) is 10.6. The van der Waals surface area contributed by atoms with E-state index in [1.54, 1.807) is 0 Å². The first kappa shape index (κ1) is 12.6. The minimum atomic E-state index is 0.546. The lowest BCUT2D eigenvalue weighted by molar-refractivity contribution is 0.544. The molecule has 0 aromatic carbocycles. The number of aromatic nitrogens is 2. The number of hydrogen-bond acceptors (Lipinski definition) is 3. The third-order valence-corrected chi connectivity index (χ3v) is 3.64. The van der Waals surface area contributed by atoms with Gasteiger partial charge in [0.05, 0.1) is 0 Å². The van der Waals surface area contributed by atoms with Gasteiger partial charge in [-0.1, -0.05) is 31.4 Å². The van der Waals surface area contributed by atoms with Gasteiger partial charge in [-0.2, -0.15) is 0 Å². The van der Waals surface area contributed by atoms with Crippen molar-refractivity contribution in [3.63, 3.8) is 0 Å². The average Bonchev–Trinajstić information content (AvgIpc) is 2.81. The molecule has 17 heavy (non-hydrogen) atoms. The Labute approximate surface area is 108 Å². The van der Waals surface area contributed by atoms with Crippen molar-refractivity contribution >= 4 is 17.4 Å². The molecule has 0 unspecified atom stereocenters. The normalized spacial score (nSPS) is 16.4. The van der Waals surface area contributed by atoms with Crippen molar-refractivity contribution in [2.24, 2.45) is 5.92 Å². The fourth-order valence-corrected chi connectivity index (χ4v) is 2.67. The molecule has 1 aromatic rings. The van der Waals surface area contributed by atoms with Crippen molar-refractivity contribution in [1.82, 2.24) is 9.97 Å². The molecule has 1 aromatic heterocycles. The molecule has 0 amide bonds. The Hall–Kier alpha value is -0.830. The highest BCUT2D eigenvalue weighted by atomic mass is 35.5. The number of anilines is 1. The molecule has 0 spiro atoms. The van der Waals surface area contributed by atoms with Crippen LogP contribution in [0.3, 0.4) is 0 Å². The fourth-order valence-electron chi connectivity index (χ4n) is 2.48. The molecule has 1 aliphatic rings. The van der Waals surface area contributed by atoms with E-state index in [4.69, 9.17) is 11.6 Å². The topological polar surface area (TPSA) is 29.0 Å². The largest absolute Gasteiger partial charge is 0.359 e. The van der Waals surface area contributed by atoms with Gasteiger partial charge in [-0.15, -0.1) is 0 Å². The minimum Gasteiger partial charge on any atom is -0.359 e. The molecule has 94 valence electrons. The van der Waals surface area contributed by atoms with Gasteiger partial charge in [-0.05, 0) is 18.8 Å². The third kappa shape index (κ3) is 3.32. The summed E-state index contributed by atoms with van der Waals surface area (Å²) in [6, 6.07) is 1.86. The van der Waals surface area contributed by atoms with Gasteiger partial charge in [0.1, 0.15) is 16.8 Å². The Kier molecular flexibility index (Phi) is 4.21. The second kappa shape index (κ2) is 5.67. The molecule has 3 nitrogen and oxygen atoms in total. The second-order valence-electron chi connectivity index (χ2n) is 4.85. The summed E-state index contributed by atoms with van der Waals surface area (Å²) in [5.74, 6) is 2.60. The maximum Gasteiger partial charge on any atom is 0.134 e.